The summed E-state index contributed by atoms with van der Waals surface area (Å²) >= 11 is 0. The van der Waals surface area contributed by atoms with Gasteiger partial charge >= 0.3 is 0 Å². The molecule has 0 aromatic heterocycles. The maximum absolute atomic E-state index is 12.2. The lowest BCUT2D eigenvalue weighted by Gasteiger charge is -2.34. The van der Waals surface area contributed by atoms with E-state index in [-0.39, 0.29) is 12.0 Å². The van der Waals surface area contributed by atoms with Crippen molar-refractivity contribution in [3.05, 3.63) is 0 Å². The third kappa shape index (κ3) is 3.59. The first-order valence-corrected chi connectivity index (χ1v) is 8.67. The highest BCUT2D eigenvalue weighted by Gasteiger charge is 2.42. The van der Waals surface area contributed by atoms with E-state index in [1.807, 2.05) is 7.05 Å². The summed E-state index contributed by atoms with van der Waals surface area (Å²) in [6.45, 7) is 3.59. The van der Waals surface area contributed by atoms with Gasteiger partial charge in [0, 0.05) is 12.6 Å². The van der Waals surface area contributed by atoms with Crippen molar-refractivity contribution in [3.63, 3.8) is 0 Å². The summed E-state index contributed by atoms with van der Waals surface area (Å²) in [6.07, 6.45) is 7.20. The van der Waals surface area contributed by atoms with Gasteiger partial charge in [0.25, 0.3) is 0 Å². The van der Waals surface area contributed by atoms with Gasteiger partial charge in [0.05, 0.1) is 12.6 Å². The zero-order chi connectivity index (χ0) is 15.0. The van der Waals surface area contributed by atoms with Crippen LogP contribution in [-0.4, -0.2) is 48.2 Å². The van der Waals surface area contributed by atoms with Crippen molar-refractivity contribution in [3.8, 4) is 0 Å². The van der Waals surface area contributed by atoms with Gasteiger partial charge in [0.2, 0.25) is 5.91 Å². The highest BCUT2D eigenvalue weighted by atomic mass is 16.3. The van der Waals surface area contributed by atoms with Crippen LogP contribution in [0.3, 0.4) is 0 Å². The monoisotopic (exact) mass is 294 g/mol. The Balaban J connectivity index is 1.37. The van der Waals surface area contributed by atoms with Gasteiger partial charge < -0.3 is 10.4 Å². The molecule has 0 aliphatic heterocycles. The third-order valence-electron chi connectivity index (χ3n) is 6.02. The van der Waals surface area contributed by atoms with Crippen molar-refractivity contribution in [2.24, 2.45) is 23.7 Å². The van der Waals surface area contributed by atoms with E-state index in [0.717, 1.165) is 31.2 Å². The SMILES string of the molecule is CC(NC(=O)CN(C)CC1CC(O)C1)C1CC2CCC1C2. The molecule has 1 amide bonds. The van der Waals surface area contributed by atoms with Crippen molar-refractivity contribution in [2.45, 2.75) is 57.6 Å². The Morgan fingerprint density at radius 1 is 1.29 bits per heavy atom. The minimum atomic E-state index is -0.102. The first kappa shape index (κ1) is 15.3. The first-order chi connectivity index (χ1) is 10.0. The minimum absolute atomic E-state index is 0.102. The van der Waals surface area contributed by atoms with Gasteiger partial charge in [-0.1, -0.05) is 6.42 Å². The molecular formula is C17H30N2O2. The van der Waals surface area contributed by atoms with Crippen LogP contribution in [0.15, 0.2) is 0 Å². The maximum Gasteiger partial charge on any atom is 0.234 e. The lowest BCUT2D eigenvalue weighted by atomic mass is 9.82. The molecule has 0 spiro atoms. The second-order valence-electron chi connectivity index (χ2n) is 7.88. The number of rotatable bonds is 6. The molecule has 3 aliphatic carbocycles. The molecule has 3 fully saturated rings. The van der Waals surface area contributed by atoms with Crippen molar-refractivity contribution >= 4 is 5.91 Å². The van der Waals surface area contributed by atoms with Crippen molar-refractivity contribution in [1.82, 2.24) is 10.2 Å². The van der Waals surface area contributed by atoms with E-state index in [2.05, 4.69) is 17.1 Å². The molecule has 3 aliphatic rings. The second-order valence-corrected chi connectivity index (χ2v) is 7.88. The Morgan fingerprint density at radius 2 is 2.05 bits per heavy atom. The molecule has 4 nitrogen and oxygen atoms in total. The van der Waals surface area contributed by atoms with Crippen molar-refractivity contribution < 1.29 is 9.90 Å². The fourth-order valence-electron chi connectivity index (χ4n) is 4.91. The highest BCUT2D eigenvalue weighted by molar-refractivity contribution is 5.78. The number of hydrogen-bond acceptors (Lipinski definition) is 3. The van der Waals surface area contributed by atoms with Crippen LogP contribution in [0.1, 0.15) is 45.4 Å². The van der Waals surface area contributed by atoms with Crippen LogP contribution in [0.4, 0.5) is 0 Å². The number of aliphatic hydroxyl groups is 1. The number of nitrogens with one attached hydrogen (secondary N) is 1. The van der Waals surface area contributed by atoms with Gasteiger partial charge in [0.1, 0.15) is 0 Å². The largest absolute Gasteiger partial charge is 0.393 e. The van der Waals surface area contributed by atoms with Crippen molar-refractivity contribution in [1.29, 1.82) is 0 Å². The second kappa shape index (κ2) is 6.25. The van der Waals surface area contributed by atoms with E-state index in [1.54, 1.807) is 0 Å². The summed E-state index contributed by atoms with van der Waals surface area (Å²) in [6, 6.07) is 0.326. The molecule has 0 radical (unpaired) electrons. The first-order valence-electron chi connectivity index (χ1n) is 8.67. The molecule has 0 aromatic carbocycles. The average molecular weight is 294 g/mol. The fraction of sp³-hybridized carbons (Fsp3) is 0.941. The van der Waals surface area contributed by atoms with Gasteiger partial charge in [0.15, 0.2) is 0 Å². The molecule has 21 heavy (non-hydrogen) atoms. The molecule has 0 aromatic rings. The smallest absolute Gasteiger partial charge is 0.234 e. The van der Waals surface area contributed by atoms with Crippen molar-refractivity contribution in [2.75, 3.05) is 20.1 Å². The lowest BCUT2D eigenvalue weighted by Crippen LogP contribution is -2.46. The highest BCUT2D eigenvalue weighted by Crippen LogP contribution is 2.49. The van der Waals surface area contributed by atoms with Gasteiger partial charge in [-0.25, -0.2) is 0 Å². The van der Waals surface area contributed by atoms with E-state index in [4.69, 9.17) is 0 Å². The van der Waals surface area contributed by atoms with E-state index >= 15 is 0 Å². The molecule has 2 bridgehead atoms. The Morgan fingerprint density at radius 3 is 2.62 bits per heavy atom. The summed E-state index contributed by atoms with van der Waals surface area (Å²) in [4.78, 5) is 14.3. The van der Waals surface area contributed by atoms with Crippen LogP contribution < -0.4 is 5.32 Å². The van der Waals surface area contributed by atoms with Crippen LogP contribution in [-0.2, 0) is 4.79 Å². The van der Waals surface area contributed by atoms with Crippen LogP contribution in [0.2, 0.25) is 0 Å². The summed E-state index contributed by atoms with van der Waals surface area (Å²) < 4.78 is 0. The minimum Gasteiger partial charge on any atom is -0.393 e. The zero-order valence-corrected chi connectivity index (χ0v) is 13.4. The van der Waals surface area contributed by atoms with E-state index in [0.29, 0.717) is 24.4 Å². The standard InChI is InChI=1S/C17H30N2O2/c1-11(16-8-12-3-4-14(16)5-12)18-17(21)10-19(2)9-13-6-15(20)7-13/h11-16,20H,3-10H2,1-2H3,(H,18,21). The third-order valence-corrected chi connectivity index (χ3v) is 6.02. The molecule has 4 atom stereocenters. The number of carbonyl (C=O) groups is 1. The predicted molar refractivity (Wildman–Crippen MR) is 82.8 cm³/mol. The number of amides is 1. The van der Waals surface area contributed by atoms with Gasteiger partial charge in [-0.2, -0.15) is 0 Å². The Bertz CT molecular complexity index is 381. The summed E-state index contributed by atoms with van der Waals surface area (Å²) in [5.74, 6) is 3.24. The quantitative estimate of drug-likeness (QED) is 0.783. The number of hydrogen-bond donors (Lipinski definition) is 2. The number of fused-ring (bicyclic) bond motifs is 2. The van der Waals surface area contributed by atoms with Crippen LogP contribution in [0.5, 0.6) is 0 Å². The van der Waals surface area contributed by atoms with Gasteiger partial charge in [-0.3, -0.25) is 9.69 Å². The number of nitrogens with zero attached hydrogens (tertiary/aromatic N) is 1. The van der Waals surface area contributed by atoms with Gasteiger partial charge in [-0.15, -0.1) is 0 Å². The van der Waals surface area contributed by atoms with E-state index in [9.17, 15) is 9.90 Å². The van der Waals surface area contributed by atoms with Crippen LogP contribution in [0, 0.1) is 23.7 Å². The molecule has 4 heteroatoms. The number of likely N-dealkylation sites (N-methyl/N-ethyl adjacent to an activating group) is 1. The lowest BCUT2D eigenvalue weighted by molar-refractivity contribution is -0.123. The maximum atomic E-state index is 12.2. The number of aliphatic hydroxyl groups excluding tert-OH is 1. The topological polar surface area (TPSA) is 52.6 Å². The predicted octanol–water partition coefficient (Wildman–Crippen LogP) is 1.63. The molecule has 3 rings (SSSR count). The molecule has 4 unspecified atom stereocenters. The Hall–Kier alpha value is -0.610. The fourth-order valence-corrected chi connectivity index (χ4v) is 4.91. The molecule has 0 saturated heterocycles. The van der Waals surface area contributed by atoms with E-state index < -0.39 is 0 Å². The van der Waals surface area contributed by atoms with Crippen LogP contribution >= 0.6 is 0 Å². The Labute approximate surface area is 128 Å². The zero-order valence-electron chi connectivity index (χ0n) is 13.4. The van der Waals surface area contributed by atoms with Gasteiger partial charge in [-0.05, 0) is 69.7 Å². The molecule has 3 saturated carbocycles. The molecule has 0 heterocycles. The molecule has 2 N–H and O–H groups in total. The summed E-state index contributed by atoms with van der Waals surface area (Å²) in [7, 11) is 2.01. The summed E-state index contributed by atoms with van der Waals surface area (Å²) in [5, 5.41) is 12.5. The van der Waals surface area contributed by atoms with Crippen LogP contribution in [0.25, 0.3) is 0 Å². The average Bonchev–Trinajstić information content (AvgIpc) is 2.98. The molecular weight excluding hydrogens is 264 g/mol. The normalized spacial score (nSPS) is 39.3. The molecule has 120 valence electrons. The number of carbonyl (C=O) groups excluding carboxylic acids is 1. The Kier molecular flexibility index (Phi) is 4.55. The summed E-state index contributed by atoms with van der Waals surface area (Å²) in [5.41, 5.74) is 0. The van der Waals surface area contributed by atoms with E-state index in [1.165, 1.54) is 25.7 Å².